The SMILES string of the molecule is CC1C=CCC(S(=O)(=O)Nc2c(C[C@H](C)O)ccc3ccccc23)C1. The maximum absolute atomic E-state index is 13.0. The van der Waals surface area contributed by atoms with Gasteiger partial charge < -0.3 is 5.11 Å². The van der Waals surface area contributed by atoms with Crippen LogP contribution < -0.4 is 4.72 Å². The molecule has 3 rings (SSSR count). The Morgan fingerprint density at radius 3 is 2.72 bits per heavy atom. The van der Waals surface area contributed by atoms with Gasteiger partial charge in [0.2, 0.25) is 10.0 Å². The summed E-state index contributed by atoms with van der Waals surface area (Å²) in [4.78, 5) is 0. The van der Waals surface area contributed by atoms with E-state index in [0.717, 1.165) is 16.3 Å². The van der Waals surface area contributed by atoms with Crippen molar-refractivity contribution < 1.29 is 13.5 Å². The fraction of sp³-hybridized carbons (Fsp3) is 0.400. The number of nitrogens with one attached hydrogen (secondary N) is 1. The molecule has 0 saturated heterocycles. The first-order chi connectivity index (χ1) is 11.9. The first kappa shape index (κ1) is 18.0. The zero-order chi connectivity index (χ0) is 18.0. The van der Waals surface area contributed by atoms with Crippen LogP contribution in [0.1, 0.15) is 32.3 Å². The first-order valence-electron chi connectivity index (χ1n) is 8.74. The van der Waals surface area contributed by atoms with Gasteiger partial charge in [0, 0.05) is 11.8 Å². The lowest BCUT2D eigenvalue weighted by Gasteiger charge is -2.24. The van der Waals surface area contributed by atoms with E-state index < -0.39 is 21.4 Å². The van der Waals surface area contributed by atoms with Gasteiger partial charge in [-0.15, -0.1) is 0 Å². The second kappa shape index (κ2) is 7.18. The highest BCUT2D eigenvalue weighted by molar-refractivity contribution is 7.93. The van der Waals surface area contributed by atoms with Gasteiger partial charge in [0.25, 0.3) is 0 Å². The van der Waals surface area contributed by atoms with Crippen molar-refractivity contribution in [2.45, 2.75) is 44.5 Å². The lowest BCUT2D eigenvalue weighted by molar-refractivity contribution is 0.195. The van der Waals surface area contributed by atoms with Crippen molar-refractivity contribution in [3.63, 3.8) is 0 Å². The quantitative estimate of drug-likeness (QED) is 0.797. The molecule has 5 heteroatoms. The zero-order valence-electron chi connectivity index (χ0n) is 14.6. The first-order valence-corrected chi connectivity index (χ1v) is 10.3. The smallest absolute Gasteiger partial charge is 0.235 e. The number of benzene rings is 2. The van der Waals surface area contributed by atoms with Crippen LogP contribution in [0.25, 0.3) is 10.8 Å². The van der Waals surface area contributed by atoms with E-state index in [0.29, 0.717) is 24.9 Å². The molecule has 1 aliphatic carbocycles. The Morgan fingerprint density at radius 1 is 1.24 bits per heavy atom. The van der Waals surface area contributed by atoms with Crippen molar-refractivity contribution in [2.24, 2.45) is 5.92 Å². The second-order valence-electron chi connectivity index (χ2n) is 7.02. The third-order valence-corrected chi connectivity index (χ3v) is 6.46. The van der Waals surface area contributed by atoms with Crippen LogP contribution in [0.3, 0.4) is 0 Å². The summed E-state index contributed by atoms with van der Waals surface area (Å²) in [6.45, 7) is 3.75. The molecule has 3 atom stereocenters. The van der Waals surface area contributed by atoms with E-state index in [1.807, 2.05) is 49.4 Å². The summed E-state index contributed by atoms with van der Waals surface area (Å²) in [7, 11) is -3.50. The summed E-state index contributed by atoms with van der Waals surface area (Å²) in [5.41, 5.74) is 1.41. The molecule has 134 valence electrons. The summed E-state index contributed by atoms with van der Waals surface area (Å²) in [6, 6.07) is 11.6. The summed E-state index contributed by atoms with van der Waals surface area (Å²) >= 11 is 0. The average molecular weight is 359 g/mol. The molecular formula is C20H25NO3S. The molecule has 2 aromatic rings. The third-order valence-electron chi connectivity index (χ3n) is 4.71. The number of rotatable bonds is 5. The maximum Gasteiger partial charge on any atom is 0.235 e. The van der Waals surface area contributed by atoms with Gasteiger partial charge in [-0.25, -0.2) is 8.42 Å². The van der Waals surface area contributed by atoms with Crippen LogP contribution in [0.2, 0.25) is 0 Å². The normalized spacial score (nSPS) is 22.0. The van der Waals surface area contributed by atoms with Gasteiger partial charge in [-0.05, 0) is 36.6 Å². The zero-order valence-corrected chi connectivity index (χ0v) is 15.5. The summed E-state index contributed by atoms with van der Waals surface area (Å²) in [5, 5.41) is 11.2. The molecule has 1 aliphatic rings. The van der Waals surface area contributed by atoms with Crippen LogP contribution in [0, 0.1) is 5.92 Å². The number of hydrogen-bond donors (Lipinski definition) is 2. The second-order valence-corrected chi connectivity index (χ2v) is 8.98. The Hall–Kier alpha value is -1.85. The molecular weight excluding hydrogens is 334 g/mol. The standard InChI is InChI=1S/C20H25NO3S/c1-14-6-5-8-18(12-14)25(23,24)21-20-17(13-15(2)22)11-10-16-7-3-4-9-19(16)20/h3-7,9-11,14-15,18,21-22H,8,12-13H2,1-2H3/t14?,15-,18?/m0/s1. The molecule has 2 unspecified atom stereocenters. The topological polar surface area (TPSA) is 66.4 Å². The average Bonchev–Trinajstić information content (AvgIpc) is 2.56. The number of fused-ring (bicyclic) bond motifs is 1. The Kier molecular flexibility index (Phi) is 5.16. The summed E-state index contributed by atoms with van der Waals surface area (Å²) in [5.74, 6) is 0.264. The highest BCUT2D eigenvalue weighted by Gasteiger charge is 2.29. The molecule has 0 saturated carbocycles. The van der Waals surface area contributed by atoms with Crippen molar-refractivity contribution in [3.05, 3.63) is 54.1 Å². The third kappa shape index (κ3) is 4.05. The van der Waals surface area contributed by atoms with Gasteiger partial charge in [0.1, 0.15) is 0 Å². The molecule has 0 aliphatic heterocycles. The molecule has 0 fully saturated rings. The summed E-state index contributed by atoms with van der Waals surface area (Å²) < 4.78 is 28.8. The van der Waals surface area contributed by atoms with Crippen LogP contribution in [0.15, 0.2) is 48.6 Å². The molecule has 2 N–H and O–H groups in total. The van der Waals surface area contributed by atoms with Crippen molar-refractivity contribution in [1.82, 2.24) is 0 Å². The highest BCUT2D eigenvalue weighted by Crippen LogP contribution is 2.32. The lowest BCUT2D eigenvalue weighted by Crippen LogP contribution is -2.31. The summed E-state index contributed by atoms with van der Waals surface area (Å²) in [6.07, 6.45) is 5.06. The van der Waals surface area contributed by atoms with E-state index in [9.17, 15) is 13.5 Å². The number of anilines is 1. The number of aliphatic hydroxyl groups excluding tert-OH is 1. The van der Waals surface area contributed by atoms with Crippen molar-refractivity contribution in [3.8, 4) is 0 Å². The van der Waals surface area contributed by atoms with Crippen molar-refractivity contribution in [2.75, 3.05) is 4.72 Å². The largest absolute Gasteiger partial charge is 0.393 e. The van der Waals surface area contributed by atoms with Crippen LogP contribution >= 0.6 is 0 Å². The molecule has 0 aromatic heterocycles. The number of hydrogen-bond acceptors (Lipinski definition) is 3. The molecule has 0 bridgehead atoms. The lowest BCUT2D eigenvalue weighted by atomic mass is 9.98. The fourth-order valence-electron chi connectivity index (χ4n) is 3.46. The van der Waals surface area contributed by atoms with Crippen LogP contribution in [-0.2, 0) is 16.4 Å². The van der Waals surface area contributed by atoms with Gasteiger partial charge in [0.05, 0.1) is 17.0 Å². The van der Waals surface area contributed by atoms with Crippen molar-refractivity contribution >= 4 is 26.5 Å². The van der Waals surface area contributed by atoms with E-state index in [2.05, 4.69) is 10.8 Å². The molecule has 2 aromatic carbocycles. The molecule has 0 amide bonds. The van der Waals surface area contributed by atoms with Crippen LogP contribution in [0.5, 0.6) is 0 Å². The number of allylic oxidation sites excluding steroid dienone is 2. The van der Waals surface area contributed by atoms with Crippen LogP contribution in [0.4, 0.5) is 5.69 Å². The Bertz CT molecular complexity index is 887. The van der Waals surface area contributed by atoms with Gasteiger partial charge in [-0.1, -0.05) is 55.5 Å². The predicted octanol–water partition coefficient (Wildman–Crippen LogP) is 3.86. The van der Waals surface area contributed by atoms with Gasteiger partial charge in [-0.2, -0.15) is 0 Å². The van der Waals surface area contributed by atoms with Gasteiger partial charge >= 0.3 is 0 Å². The molecule has 4 nitrogen and oxygen atoms in total. The minimum atomic E-state index is -3.50. The highest BCUT2D eigenvalue weighted by atomic mass is 32.2. The number of sulfonamides is 1. The molecule has 0 radical (unpaired) electrons. The molecule has 0 heterocycles. The van der Waals surface area contributed by atoms with Crippen LogP contribution in [-0.4, -0.2) is 24.9 Å². The maximum atomic E-state index is 13.0. The van der Waals surface area contributed by atoms with E-state index in [1.165, 1.54) is 0 Å². The monoisotopic (exact) mass is 359 g/mol. The van der Waals surface area contributed by atoms with E-state index in [1.54, 1.807) is 6.92 Å². The Balaban J connectivity index is 2.02. The number of aliphatic hydroxyl groups is 1. The minimum absolute atomic E-state index is 0.264. The van der Waals surface area contributed by atoms with Gasteiger partial charge in [0.15, 0.2) is 0 Å². The fourth-order valence-corrected chi connectivity index (χ4v) is 5.07. The molecule has 0 spiro atoms. The predicted molar refractivity (Wildman–Crippen MR) is 103 cm³/mol. The van der Waals surface area contributed by atoms with E-state index in [4.69, 9.17) is 0 Å². The Labute approximate surface area is 149 Å². The Morgan fingerprint density at radius 2 is 2.00 bits per heavy atom. The van der Waals surface area contributed by atoms with Crippen molar-refractivity contribution in [1.29, 1.82) is 0 Å². The minimum Gasteiger partial charge on any atom is -0.393 e. The molecule has 25 heavy (non-hydrogen) atoms. The van der Waals surface area contributed by atoms with E-state index >= 15 is 0 Å². The van der Waals surface area contributed by atoms with E-state index in [-0.39, 0.29) is 5.92 Å². The van der Waals surface area contributed by atoms with Gasteiger partial charge in [-0.3, -0.25) is 4.72 Å².